The van der Waals surface area contributed by atoms with Crippen molar-refractivity contribution < 1.29 is 22.6 Å². The fourth-order valence-corrected chi connectivity index (χ4v) is 1.72. The van der Waals surface area contributed by atoms with Gasteiger partial charge in [-0.3, -0.25) is 4.99 Å². The van der Waals surface area contributed by atoms with E-state index in [1.54, 1.807) is 14.2 Å². The fourth-order valence-electron chi connectivity index (χ4n) is 1.72. The second-order valence-electron chi connectivity index (χ2n) is 4.64. The van der Waals surface area contributed by atoms with E-state index in [0.29, 0.717) is 31.5 Å². The van der Waals surface area contributed by atoms with E-state index in [9.17, 15) is 13.2 Å². The third-order valence-electron chi connectivity index (χ3n) is 2.89. The summed E-state index contributed by atoms with van der Waals surface area (Å²) in [5.74, 6) is 1.03. The maximum absolute atomic E-state index is 12.4. The van der Waals surface area contributed by atoms with E-state index >= 15 is 0 Å². The van der Waals surface area contributed by atoms with Crippen LogP contribution in [0, 0.1) is 0 Å². The number of hydrogen-bond donors (Lipinski definition) is 2. The van der Waals surface area contributed by atoms with Crippen LogP contribution in [-0.2, 0) is 10.9 Å². The van der Waals surface area contributed by atoms with Crippen molar-refractivity contribution in [2.45, 2.75) is 12.6 Å². The number of methoxy groups -OCH3 is 1. The summed E-state index contributed by atoms with van der Waals surface area (Å²) in [6.07, 6.45) is -3.47. The zero-order chi connectivity index (χ0) is 17.1. The molecular weight excluding hydrogens is 311 g/mol. The third-order valence-corrected chi connectivity index (χ3v) is 2.89. The average Bonchev–Trinajstić information content (AvgIpc) is 2.53. The molecule has 130 valence electrons. The number of guanidine groups is 1. The number of benzene rings is 1. The molecule has 0 saturated carbocycles. The van der Waals surface area contributed by atoms with Crippen LogP contribution in [-0.4, -0.2) is 46.4 Å². The van der Waals surface area contributed by atoms with E-state index < -0.39 is 11.7 Å². The number of aliphatic imine (C=N–C) groups is 1. The van der Waals surface area contributed by atoms with E-state index in [0.717, 1.165) is 25.1 Å². The Morgan fingerprint density at radius 2 is 1.74 bits per heavy atom. The van der Waals surface area contributed by atoms with Gasteiger partial charge in [0.1, 0.15) is 12.4 Å². The van der Waals surface area contributed by atoms with Gasteiger partial charge in [-0.15, -0.1) is 0 Å². The van der Waals surface area contributed by atoms with Crippen molar-refractivity contribution in [1.29, 1.82) is 0 Å². The van der Waals surface area contributed by atoms with Crippen LogP contribution in [0.5, 0.6) is 5.75 Å². The van der Waals surface area contributed by atoms with Gasteiger partial charge in [0.2, 0.25) is 0 Å². The topological polar surface area (TPSA) is 54.9 Å². The summed E-state index contributed by atoms with van der Waals surface area (Å²) in [5, 5.41) is 6.15. The van der Waals surface area contributed by atoms with Gasteiger partial charge in [0.15, 0.2) is 5.96 Å². The Bertz CT molecular complexity index is 476. The summed E-state index contributed by atoms with van der Waals surface area (Å²) in [5.41, 5.74) is -0.691. The molecule has 1 aromatic rings. The van der Waals surface area contributed by atoms with Crippen LogP contribution in [0.2, 0.25) is 0 Å². The zero-order valence-corrected chi connectivity index (χ0v) is 13.2. The summed E-state index contributed by atoms with van der Waals surface area (Å²) in [6.45, 7) is 2.18. The second-order valence-corrected chi connectivity index (χ2v) is 4.64. The molecule has 0 saturated heterocycles. The van der Waals surface area contributed by atoms with Gasteiger partial charge in [-0.25, -0.2) is 0 Å². The number of alkyl halides is 3. The van der Waals surface area contributed by atoms with E-state index in [1.807, 2.05) is 0 Å². The van der Waals surface area contributed by atoms with Gasteiger partial charge in [0, 0.05) is 27.3 Å². The highest BCUT2D eigenvalue weighted by atomic mass is 19.4. The summed E-state index contributed by atoms with van der Waals surface area (Å²) >= 11 is 0. The molecule has 0 aliphatic carbocycles. The summed E-state index contributed by atoms with van der Waals surface area (Å²) in [7, 11) is 3.30. The first-order valence-corrected chi connectivity index (χ1v) is 7.21. The Kier molecular flexibility index (Phi) is 8.25. The predicted octanol–water partition coefficient (Wildman–Crippen LogP) is 2.29. The molecule has 0 bridgehead atoms. The normalized spacial score (nSPS) is 12.1. The van der Waals surface area contributed by atoms with Gasteiger partial charge < -0.3 is 20.1 Å². The van der Waals surface area contributed by atoms with Crippen molar-refractivity contribution in [3.8, 4) is 5.75 Å². The summed E-state index contributed by atoms with van der Waals surface area (Å²) < 4.78 is 47.6. The van der Waals surface area contributed by atoms with Crippen LogP contribution in [0.1, 0.15) is 12.0 Å². The number of nitrogens with zero attached hydrogens (tertiary/aromatic N) is 1. The second kappa shape index (κ2) is 9.94. The van der Waals surface area contributed by atoms with Gasteiger partial charge in [-0.2, -0.15) is 13.2 Å². The molecule has 8 heteroatoms. The van der Waals surface area contributed by atoms with Crippen molar-refractivity contribution >= 4 is 5.96 Å². The first kappa shape index (κ1) is 19.1. The van der Waals surface area contributed by atoms with Crippen molar-refractivity contribution in [2.75, 3.05) is 40.5 Å². The number of halogens is 3. The number of nitrogens with one attached hydrogen (secondary N) is 2. The molecule has 2 N–H and O–H groups in total. The Morgan fingerprint density at radius 1 is 1.09 bits per heavy atom. The molecule has 0 heterocycles. The van der Waals surface area contributed by atoms with E-state index in [2.05, 4.69) is 15.6 Å². The summed E-state index contributed by atoms with van der Waals surface area (Å²) in [6, 6.07) is 4.61. The molecule has 0 fully saturated rings. The van der Waals surface area contributed by atoms with Crippen molar-refractivity contribution in [3.63, 3.8) is 0 Å². The highest BCUT2D eigenvalue weighted by molar-refractivity contribution is 5.79. The number of hydrogen-bond acceptors (Lipinski definition) is 3. The largest absolute Gasteiger partial charge is 0.492 e. The molecule has 5 nitrogen and oxygen atoms in total. The molecule has 1 rings (SSSR count). The van der Waals surface area contributed by atoms with Crippen LogP contribution >= 0.6 is 0 Å². The standard InChI is InChI=1S/C15H22F3N3O2/c1-19-14(20-8-3-10-22-2)21-9-11-23-13-6-4-12(5-7-13)15(16,17)18/h4-7H,3,8-11H2,1-2H3,(H2,19,20,21). The van der Waals surface area contributed by atoms with Gasteiger partial charge >= 0.3 is 6.18 Å². The van der Waals surface area contributed by atoms with Crippen LogP contribution in [0.3, 0.4) is 0 Å². The fraction of sp³-hybridized carbons (Fsp3) is 0.533. The molecule has 0 radical (unpaired) electrons. The number of rotatable bonds is 8. The predicted molar refractivity (Wildman–Crippen MR) is 82.8 cm³/mol. The average molecular weight is 333 g/mol. The lowest BCUT2D eigenvalue weighted by atomic mass is 10.2. The molecule has 1 aromatic carbocycles. The van der Waals surface area contributed by atoms with Crippen molar-refractivity contribution in [2.24, 2.45) is 4.99 Å². The number of ether oxygens (including phenoxy) is 2. The van der Waals surface area contributed by atoms with Gasteiger partial charge in [-0.1, -0.05) is 0 Å². The van der Waals surface area contributed by atoms with Gasteiger partial charge in [-0.05, 0) is 30.7 Å². The highest BCUT2D eigenvalue weighted by Gasteiger charge is 2.29. The molecule has 23 heavy (non-hydrogen) atoms. The Labute approximate surface area is 133 Å². The minimum absolute atomic E-state index is 0.310. The molecule has 0 aliphatic heterocycles. The minimum Gasteiger partial charge on any atom is -0.492 e. The molecular formula is C15H22F3N3O2. The van der Waals surface area contributed by atoms with E-state index in [4.69, 9.17) is 9.47 Å². The van der Waals surface area contributed by atoms with Gasteiger partial charge in [0.05, 0.1) is 12.1 Å². The monoisotopic (exact) mass is 333 g/mol. The quantitative estimate of drug-likeness (QED) is 0.435. The van der Waals surface area contributed by atoms with Crippen LogP contribution in [0.4, 0.5) is 13.2 Å². The maximum atomic E-state index is 12.4. The lowest BCUT2D eigenvalue weighted by Crippen LogP contribution is -2.39. The van der Waals surface area contributed by atoms with Crippen molar-refractivity contribution in [3.05, 3.63) is 29.8 Å². The lowest BCUT2D eigenvalue weighted by Gasteiger charge is -2.13. The minimum atomic E-state index is -4.33. The lowest BCUT2D eigenvalue weighted by molar-refractivity contribution is -0.137. The molecule has 0 amide bonds. The van der Waals surface area contributed by atoms with Crippen LogP contribution in [0.25, 0.3) is 0 Å². The SMILES string of the molecule is CN=C(NCCCOC)NCCOc1ccc(C(F)(F)F)cc1. The molecule has 0 aromatic heterocycles. The molecule has 0 atom stereocenters. The maximum Gasteiger partial charge on any atom is 0.416 e. The van der Waals surface area contributed by atoms with E-state index in [-0.39, 0.29) is 0 Å². The summed E-state index contributed by atoms with van der Waals surface area (Å²) in [4.78, 5) is 4.04. The first-order chi connectivity index (χ1) is 11.0. The van der Waals surface area contributed by atoms with Crippen molar-refractivity contribution in [1.82, 2.24) is 10.6 Å². The van der Waals surface area contributed by atoms with Crippen LogP contribution in [0.15, 0.2) is 29.3 Å². The Morgan fingerprint density at radius 3 is 2.30 bits per heavy atom. The molecule has 0 spiro atoms. The van der Waals surface area contributed by atoms with Crippen LogP contribution < -0.4 is 15.4 Å². The Balaban J connectivity index is 2.25. The van der Waals surface area contributed by atoms with E-state index in [1.165, 1.54) is 12.1 Å². The molecule has 0 unspecified atom stereocenters. The molecule has 0 aliphatic rings. The third kappa shape index (κ3) is 7.73. The highest BCUT2D eigenvalue weighted by Crippen LogP contribution is 2.30. The van der Waals surface area contributed by atoms with Gasteiger partial charge in [0.25, 0.3) is 0 Å². The Hall–Kier alpha value is -1.96. The zero-order valence-electron chi connectivity index (χ0n) is 13.2. The first-order valence-electron chi connectivity index (χ1n) is 7.21. The smallest absolute Gasteiger partial charge is 0.416 e.